The van der Waals surface area contributed by atoms with Crippen LogP contribution in [0.25, 0.3) is 11.0 Å². The molecule has 0 bridgehead atoms. The number of nitrogens with zero attached hydrogens (tertiary/aromatic N) is 4. The third kappa shape index (κ3) is 3.32. The van der Waals surface area contributed by atoms with Gasteiger partial charge in [0, 0.05) is 13.1 Å². The number of likely N-dealkylation sites (tertiary alicyclic amines) is 1. The SMILES string of the molecule is O=C(c1coc(Cn2cnc3ccccc32)n1)N1CCC(C2CCCCC2)C1. The number of aromatic nitrogens is 3. The molecule has 2 aromatic heterocycles. The maximum absolute atomic E-state index is 12.9. The highest BCUT2D eigenvalue weighted by Crippen LogP contribution is 2.35. The Morgan fingerprint density at radius 3 is 2.86 bits per heavy atom. The lowest BCUT2D eigenvalue weighted by Crippen LogP contribution is -2.30. The summed E-state index contributed by atoms with van der Waals surface area (Å²) in [5.74, 6) is 2.00. The first-order valence-electron chi connectivity index (χ1n) is 10.4. The molecule has 1 unspecified atom stereocenters. The Labute approximate surface area is 164 Å². The molecular weight excluding hydrogens is 352 g/mol. The normalized spacial score (nSPS) is 20.9. The Balaban J connectivity index is 1.25. The molecule has 1 aliphatic heterocycles. The minimum absolute atomic E-state index is 0.00352. The molecule has 6 heteroatoms. The van der Waals surface area contributed by atoms with Crippen LogP contribution in [0.15, 0.2) is 41.3 Å². The van der Waals surface area contributed by atoms with E-state index in [0.29, 0.717) is 24.0 Å². The van der Waals surface area contributed by atoms with Crippen LogP contribution < -0.4 is 0 Å². The van der Waals surface area contributed by atoms with Crippen molar-refractivity contribution in [2.75, 3.05) is 13.1 Å². The summed E-state index contributed by atoms with van der Waals surface area (Å²) >= 11 is 0. The third-order valence-corrected chi connectivity index (χ3v) is 6.43. The zero-order valence-corrected chi connectivity index (χ0v) is 16.1. The van der Waals surface area contributed by atoms with Gasteiger partial charge in [0.1, 0.15) is 12.8 Å². The number of hydrogen-bond acceptors (Lipinski definition) is 4. The topological polar surface area (TPSA) is 64.2 Å². The molecule has 146 valence electrons. The summed E-state index contributed by atoms with van der Waals surface area (Å²) < 4.78 is 7.59. The lowest BCUT2D eigenvalue weighted by molar-refractivity contribution is 0.0774. The molecule has 1 amide bonds. The van der Waals surface area contributed by atoms with E-state index in [1.165, 1.54) is 38.4 Å². The van der Waals surface area contributed by atoms with Gasteiger partial charge in [0.2, 0.25) is 5.89 Å². The van der Waals surface area contributed by atoms with Crippen molar-refractivity contribution in [1.29, 1.82) is 0 Å². The van der Waals surface area contributed by atoms with Gasteiger partial charge < -0.3 is 13.9 Å². The summed E-state index contributed by atoms with van der Waals surface area (Å²) in [5, 5.41) is 0. The number of carbonyl (C=O) groups is 1. The fourth-order valence-electron chi connectivity index (χ4n) is 4.89. The molecule has 3 heterocycles. The average Bonchev–Trinajstić information content (AvgIpc) is 3.49. The van der Waals surface area contributed by atoms with Crippen LogP contribution in [-0.2, 0) is 6.54 Å². The molecule has 0 radical (unpaired) electrons. The molecule has 1 atom stereocenters. The molecule has 28 heavy (non-hydrogen) atoms. The van der Waals surface area contributed by atoms with E-state index in [4.69, 9.17) is 4.42 Å². The molecule has 0 spiro atoms. The van der Waals surface area contributed by atoms with Gasteiger partial charge >= 0.3 is 0 Å². The number of benzene rings is 1. The summed E-state index contributed by atoms with van der Waals surface area (Å²) in [4.78, 5) is 23.7. The van der Waals surface area contributed by atoms with Crippen molar-refractivity contribution in [3.8, 4) is 0 Å². The van der Waals surface area contributed by atoms with Gasteiger partial charge in [-0.05, 0) is 30.4 Å². The van der Waals surface area contributed by atoms with Crippen LogP contribution in [0.4, 0.5) is 0 Å². The molecule has 1 aromatic carbocycles. The van der Waals surface area contributed by atoms with Gasteiger partial charge in [-0.25, -0.2) is 9.97 Å². The van der Waals surface area contributed by atoms with Gasteiger partial charge in [0.15, 0.2) is 5.69 Å². The predicted octanol–water partition coefficient (Wildman–Crippen LogP) is 4.12. The molecule has 2 aliphatic rings. The first kappa shape index (κ1) is 17.5. The number of hydrogen-bond donors (Lipinski definition) is 0. The third-order valence-electron chi connectivity index (χ3n) is 6.43. The van der Waals surface area contributed by atoms with Crippen molar-refractivity contribution in [2.45, 2.75) is 45.1 Å². The van der Waals surface area contributed by atoms with Gasteiger partial charge in [-0.15, -0.1) is 0 Å². The van der Waals surface area contributed by atoms with E-state index in [2.05, 4.69) is 9.97 Å². The van der Waals surface area contributed by atoms with Crippen molar-refractivity contribution in [3.63, 3.8) is 0 Å². The fraction of sp³-hybridized carbons (Fsp3) is 0.500. The van der Waals surface area contributed by atoms with E-state index in [9.17, 15) is 4.79 Å². The molecule has 2 fully saturated rings. The fourth-order valence-corrected chi connectivity index (χ4v) is 4.89. The van der Waals surface area contributed by atoms with E-state index in [1.54, 1.807) is 6.33 Å². The number of imidazole rings is 1. The molecular formula is C22H26N4O2. The maximum Gasteiger partial charge on any atom is 0.275 e. The zero-order valence-electron chi connectivity index (χ0n) is 16.1. The Kier molecular flexibility index (Phi) is 4.63. The van der Waals surface area contributed by atoms with Gasteiger partial charge in [-0.2, -0.15) is 0 Å². The zero-order chi connectivity index (χ0) is 18.9. The second-order valence-corrected chi connectivity index (χ2v) is 8.19. The van der Waals surface area contributed by atoms with Crippen LogP contribution in [0.3, 0.4) is 0 Å². The average molecular weight is 378 g/mol. The minimum Gasteiger partial charge on any atom is -0.446 e. The largest absolute Gasteiger partial charge is 0.446 e. The Morgan fingerprint density at radius 2 is 1.96 bits per heavy atom. The standard InChI is InChI=1S/C22H26N4O2/c27-22(25-11-10-17(12-25)16-6-2-1-3-7-16)19-14-28-21(24-19)13-26-15-23-18-8-4-5-9-20(18)26/h4-5,8-9,14-17H,1-3,6-7,10-13H2. The Bertz CT molecular complexity index is 970. The lowest BCUT2D eigenvalue weighted by atomic mass is 9.80. The van der Waals surface area contributed by atoms with Gasteiger partial charge in [0.25, 0.3) is 5.91 Å². The molecule has 3 aromatic rings. The minimum atomic E-state index is 0.00352. The van der Waals surface area contributed by atoms with Crippen molar-refractivity contribution in [2.24, 2.45) is 11.8 Å². The molecule has 5 rings (SSSR count). The second-order valence-electron chi connectivity index (χ2n) is 8.19. The summed E-state index contributed by atoms with van der Waals surface area (Å²) in [5.41, 5.74) is 2.39. The number of oxazole rings is 1. The van der Waals surface area contributed by atoms with Crippen LogP contribution in [0, 0.1) is 11.8 Å². The van der Waals surface area contributed by atoms with Crippen molar-refractivity contribution in [1.82, 2.24) is 19.4 Å². The Hall–Kier alpha value is -2.63. The van der Waals surface area contributed by atoms with Crippen LogP contribution in [0.1, 0.15) is 54.9 Å². The first-order valence-corrected chi connectivity index (χ1v) is 10.4. The van der Waals surface area contributed by atoms with Gasteiger partial charge in [-0.1, -0.05) is 44.2 Å². The monoisotopic (exact) mass is 378 g/mol. The quantitative estimate of drug-likeness (QED) is 0.685. The van der Waals surface area contributed by atoms with Crippen LogP contribution in [-0.4, -0.2) is 38.4 Å². The van der Waals surface area contributed by atoms with Crippen molar-refractivity contribution in [3.05, 3.63) is 48.4 Å². The number of fused-ring (bicyclic) bond motifs is 1. The Morgan fingerprint density at radius 1 is 1.11 bits per heavy atom. The summed E-state index contributed by atoms with van der Waals surface area (Å²) in [6, 6.07) is 7.96. The molecule has 1 saturated heterocycles. The highest BCUT2D eigenvalue weighted by atomic mass is 16.3. The second kappa shape index (κ2) is 7.41. The lowest BCUT2D eigenvalue weighted by Gasteiger charge is -2.27. The number of amides is 1. The van der Waals surface area contributed by atoms with Crippen molar-refractivity contribution < 1.29 is 9.21 Å². The van der Waals surface area contributed by atoms with Crippen LogP contribution in [0.2, 0.25) is 0 Å². The van der Waals surface area contributed by atoms with Gasteiger partial charge in [-0.3, -0.25) is 4.79 Å². The smallest absolute Gasteiger partial charge is 0.275 e. The first-order chi connectivity index (χ1) is 13.8. The molecule has 6 nitrogen and oxygen atoms in total. The van der Waals surface area contributed by atoms with Gasteiger partial charge in [0.05, 0.1) is 17.4 Å². The number of para-hydroxylation sites is 2. The number of rotatable bonds is 4. The number of carbonyl (C=O) groups excluding carboxylic acids is 1. The predicted molar refractivity (Wildman–Crippen MR) is 106 cm³/mol. The highest BCUT2D eigenvalue weighted by Gasteiger charge is 2.33. The van der Waals surface area contributed by atoms with Crippen molar-refractivity contribution >= 4 is 16.9 Å². The molecule has 0 N–H and O–H groups in total. The van der Waals surface area contributed by atoms with E-state index in [1.807, 2.05) is 33.7 Å². The maximum atomic E-state index is 12.9. The summed E-state index contributed by atoms with van der Waals surface area (Å²) in [6.45, 7) is 2.19. The highest BCUT2D eigenvalue weighted by molar-refractivity contribution is 5.92. The van der Waals surface area contributed by atoms with E-state index in [-0.39, 0.29) is 5.91 Å². The van der Waals surface area contributed by atoms with E-state index in [0.717, 1.165) is 36.5 Å². The summed E-state index contributed by atoms with van der Waals surface area (Å²) in [7, 11) is 0. The molecule has 1 saturated carbocycles. The van der Waals surface area contributed by atoms with Crippen LogP contribution in [0.5, 0.6) is 0 Å². The van der Waals surface area contributed by atoms with E-state index < -0.39 is 0 Å². The van der Waals surface area contributed by atoms with Crippen LogP contribution >= 0.6 is 0 Å². The summed E-state index contributed by atoms with van der Waals surface area (Å²) in [6.07, 6.45) is 11.2. The molecule has 1 aliphatic carbocycles. The van der Waals surface area contributed by atoms with E-state index >= 15 is 0 Å².